The standard InChI is InChI=1S/C17H21N3/c1-11-16(10-18-3)12(2)20-17(19-11)15-8-13-6-4-5-7-14(13)9-15/h4-7,15,18H,8-10H2,1-3H3. The molecule has 0 amide bonds. The Morgan fingerprint density at radius 2 is 1.60 bits per heavy atom. The molecule has 0 bridgehead atoms. The third kappa shape index (κ3) is 2.34. The Balaban J connectivity index is 1.90. The van der Waals surface area contributed by atoms with Gasteiger partial charge < -0.3 is 5.32 Å². The molecule has 20 heavy (non-hydrogen) atoms. The molecule has 1 aliphatic carbocycles. The van der Waals surface area contributed by atoms with Crippen LogP contribution in [-0.4, -0.2) is 17.0 Å². The number of benzene rings is 1. The SMILES string of the molecule is CNCc1c(C)nc(C2Cc3ccccc3C2)nc1C. The zero-order chi connectivity index (χ0) is 14.1. The number of aromatic nitrogens is 2. The monoisotopic (exact) mass is 267 g/mol. The minimum absolute atomic E-state index is 0.438. The summed E-state index contributed by atoms with van der Waals surface area (Å²) >= 11 is 0. The second-order valence-corrected chi connectivity index (χ2v) is 5.64. The Labute approximate surface area is 120 Å². The number of rotatable bonds is 3. The van der Waals surface area contributed by atoms with E-state index in [2.05, 4.69) is 43.4 Å². The van der Waals surface area contributed by atoms with E-state index in [1.807, 2.05) is 7.05 Å². The van der Waals surface area contributed by atoms with Gasteiger partial charge in [0.25, 0.3) is 0 Å². The Morgan fingerprint density at radius 1 is 1.05 bits per heavy atom. The molecule has 104 valence electrons. The summed E-state index contributed by atoms with van der Waals surface area (Å²) in [5, 5.41) is 3.19. The second-order valence-electron chi connectivity index (χ2n) is 5.64. The van der Waals surface area contributed by atoms with E-state index in [4.69, 9.17) is 9.97 Å². The van der Waals surface area contributed by atoms with Gasteiger partial charge in [-0.15, -0.1) is 0 Å². The van der Waals surface area contributed by atoms with Crippen LogP contribution in [0.3, 0.4) is 0 Å². The molecule has 1 aliphatic rings. The highest BCUT2D eigenvalue weighted by Gasteiger charge is 2.25. The van der Waals surface area contributed by atoms with E-state index in [0.29, 0.717) is 5.92 Å². The fourth-order valence-corrected chi connectivity index (χ4v) is 3.12. The average molecular weight is 267 g/mol. The zero-order valence-electron chi connectivity index (χ0n) is 12.4. The van der Waals surface area contributed by atoms with Crippen molar-refractivity contribution in [3.63, 3.8) is 0 Å². The fourth-order valence-electron chi connectivity index (χ4n) is 3.12. The van der Waals surface area contributed by atoms with Crippen molar-refractivity contribution in [3.05, 3.63) is 58.2 Å². The van der Waals surface area contributed by atoms with Gasteiger partial charge in [0.1, 0.15) is 5.82 Å². The van der Waals surface area contributed by atoms with Crippen LogP contribution in [-0.2, 0) is 19.4 Å². The van der Waals surface area contributed by atoms with Gasteiger partial charge in [0.05, 0.1) is 0 Å². The Kier molecular flexibility index (Phi) is 3.53. The van der Waals surface area contributed by atoms with Crippen LogP contribution in [0.15, 0.2) is 24.3 Å². The number of hydrogen-bond acceptors (Lipinski definition) is 3. The maximum atomic E-state index is 4.77. The van der Waals surface area contributed by atoms with Crippen molar-refractivity contribution in [2.75, 3.05) is 7.05 Å². The van der Waals surface area contributed by atoms with Crippen LogP contribution in [0.25, 0.3) is 0 Å². The molecule has 1 aromatic heterocycles. The maximum absolute atomic E-state index is 4.77. The quantitative estimate of drug-likeness (QED) is 0.929. The first kappa shape index (κ1) is 13.3. The summed E-state index contributed by atoms with van der Waals surface area (Å²) in [6, 6.07) is 8.69. The van der Waals surface area contributed by atoms with Crippen molar-refractivity contribution in [2.24, 2.45) is 0 Å². The lowest BCUT2D eigenvalue weighted by Gasteiger charge is -2.13. The van der Waals surface area contributed by atoms with Gasteiger partial charge in [-0.05, 0) is 44.9 Å². The molecule has 3 nitrogen and oxygen atoms in total. The molecule has 1 N–H and O–H groups in total. The average Bonchev–Trinajstić information content (AvgIpc) is 2.86. The summed E-state index contributed by atoms with van der Waals surface area (Å²) in [5.74, 6) is 1.45. The minimum Gasteiger partial charge on any atom is -0.316 e. The van der Waals surface area contributed by atoms with Gasteiger partial charge in [-0.1, -0.05) is 24.3 Å². The summed E-state index contributed by atoms with van der Waals surface area (Å²) in [6.07, 6.45) is 2.14. The molecule has 3 rings (SSSR count). The number of nitrogens with zero attached hydrogens (tertiary/aromatic N) is 2. The van der Waals surface area contributed by atoms with Gasteiger partial charge in [-0.3, -0.25) is 0 Å². The molecule has 0 saturated heterocycles. The third-order valence-electron chi connectivity index (χ3n) is 4.21. The first-order valence-corrected chi connectivity index (χ1v) is 7.24. The molecule has 2 aromatic rings. The molecule has 0 spiro atoms. The number of fused-ring (bicyclic) bond motifs is 1. The van der Waals surface area contributed by atoms with Gasteiger partial charge in [0.15, 0.2) is 0 Å². The van der Waals surface area contributed by atoms with Crippen LogP contribution in [0.5, 0.6) is 0 Å². The lowest BCUT2D eigenvalue weighted by molar-refractivity contribution is 0.663. The van der Waals surface area contributed by atoms with Gasteiger partial charge in [-0.25, -0.2) is 9.97 Å². The first-order chi connectivity index (χ1) is 9.69. The molecule has 0 aliphatic heterocycles. The van der Waals surface area contributed by atoms with Crippen molar-refractivity contribution in [3.8, 4) is 0 Å². The highest BCUT2D eigenvalue weighted by molar-refractivity contribution is 5.36. The van der Waals surface area contributed by atoms with Gasteiger partial charge in [0.2, 0.25) is 0 Å². The van der Waals surface area contributed by atoms with Crippen molar-refractivity contribution in [1.82, 2.24) is 15.3 Å². The predicted octanol–water partition coefficient (Wildman–Crippen LogP) is 2.70. The van der Waals surface area contributed by atoms with Crippen LogP contribution in [0.1, 0.15) is 39.8 Å². The van der Waals surface area contributed by atoms with Crippen LogP contribution in [0.4, 0.5) is 0 Å². The Hall–Kier alpha value is -1.74. The zero-order valence-corrected chi connectivity index (χ0v) is 12.4. The third-order valence-corrected chi connectivity index (χ3v) is 4.21. The summed E-state index contributed by atoms with van der Waals surface area (Å²) in [5.41, 5.74) is 6.36. The summed E-state index contributed by atoms with van der Waals surface area (Å²) in [6.45, 7) is 5.02. The normalized spacial score (nSPS) is 14.6. The second kappa shape index (κ2) is 5.33. The molecule has 0 unspecified atom stereocenters. The minimum atomic E-state index is 0.438. The topological polar surface area (TPSA) is 37.8 Å². The van der Waals surface area contributed by atoms with E-state index in [1.165, 1.54) is 16.7 Å². The van der Waals surface area contributed by atoms with Crippen molar-refractivity contribution < 1.29 is 0 Å². The highest BCUT2D eigenvalue weighted by Crippen LogP contribution is 2.32. The van der Waals surface area contributed by atoms with Crippen molar-refractivity contribution >= 4 is 0 Å². The lowest BCUT2D eigenvalue weighted by atomic mass is 10.0. The van der Waals surface area contributed by atoms with E-state index in [1.54, 1.807) is 0 Å². The van der Waals surface area contributed by atoms with Crippen LogP contribution in [0.2, 0.25) is 0 Å². The molecule has 1 heterocycles. The van der Waals surface area contributed by atoms with Crippen molar-refractivity contribution in [2.45, 2.75) is 39.2 Å². The van der Waals surface area contributed by atoms with E-state index in [9.17, 15) is 0 Å². The molecule has 0 radical (unpaired) electrons. The number of nitrogens with one attached hydrogen (secondary N) is 1. The van der Waals surface area contributed by atoms with Crippen LogP contribution in [0, 0.1) is 13.8 Å². The predicted molar refractivity (Wildman–Crippen MR) is 80.9 cm³/mol. The molecule has 0 atom stereocenters. The van der Waals surface area contributed by atoms with Gasteiger partial charge in [-0.2, -0.15) is 0 Å². The van der Waals surface area contributed by atoms with E-state index < -0.39 is 0 Å². The molecular weight excluding hydrogens is 246 g/mol. The van der Waals surface area contributed by atoms with E-state index >= 15 is 0 Å². The molecular formula is C17H21N3. The van der Waals surface area contributed by atoms with Gasteiger partial charge in [0, 0.05) is 29.4 Å². The van der Waals surface area contributed by atoms with Crippen LogP contribution < -0.4 is 5.32 Å². The van der Waals surface area contributed by atoms with Crippen molar-refractivity contribution in [1.29, 1.82) is 0 Å². The largest absolute Gasteiger partial charge is 0.316 e. The Morgan fingerprint density at radius 3 is 2.10 bits per heavy atom. The molecule has 1 aromatic carbocycles. The maximum Gasteiger partial charge on any atom is 0.132 e. The summed E-state index contributed by atoms with van der Waals surface area (Å²) < 4.78 is 0. The number of hydrogen-bond donors (Lipinski definition) is 1. The van der Waals surface area contributed by atoms with Crippen LogP contribution >= 0.6 is 0 Å². The summed E-state index contributed by atoms with van der Waals surface area (Å²) in [4.78, 5) is 9.53. The van der Waals surface area contributed by atoms with E-state index in [0.717, 1.165) is 36.6 Å². The molecule has 0 fully saturated rings. The Bertz CT molecular complexity index is 586. The smallest absolute Gasteiger partial charge is 0.132 e. The highest BCUT2D eigenvalue weighted by atomic mass is 14.9. The molecule has 0 saturated carbocycles. The first-order valence-electron chi connectivity index (χ1n) is 7.24. The summed E-state index contributed by atoms with van der Waals surface area (Å²) in [7, 11) is 1.96. The molecule has 3 heteroatoms. The lowest BCUT2D eigenvalue weighted by Crippen LogP contribution is -2.14. The van der Waals surface area contributed by atoms with Gasteiger partial charge >= 0.3 is 0 Å². The fraction of sp³-hybridized carbons (Fsp3) is 0.412. The van der Waals surface area contributed by atoms with E-state index in [-0.39, 0.29) is 0 Å². The number of aryl methyl sites for hydroxylation is 2.